The summed E-state index contributed by atoms with van der Waals surface area (Å²) in [6.45, 7) is 4.25. The number of piperazine rings is 1. The topological polar surface area (TPSA) is 86.8 Å². The van der Waals surface area contributed by atoms with Crippen LogP contribution in [0.5, 0.6) is 0 Å². The highest BCUT2D eigenvalue weighted by atomic mass is 16.5. The van der Waals surface area contributed by atoms with Gasteiger partial charge >= 0.3 is 0 Å². The SMILES string of the molecule is N#Cc1cnn2cc(C3=CCOCC3)cc(-c3ccc(N4CCN(C=O)CC4)nc3)c12. The van der Waals surface area contributed by atoms with Crippen molar-refractivity contribution in [3.05, 3.63) is 54.0 Å². The first-order valence-corrected chi connectivity index (χ1v) is 10.4. The molecule has 156 valence electrons. The van der Waals surface area contributed by atoms with E-state index in [0.29, 0.717) is 31.9 Å². The molecule has 0 saturated carbocycles. The molecular formula is C23H22N6O2. The molecule has 0 spiro atoms. The lowest BCUT2D eigenvalue weighted by Gasteiger charge is -2.33. The van der Waals surface area contributed by atoms with Crippen LogP contribution >= 0.6 is 0 Å². The van der Waals surface area contributed by atoms with E-state index >= 15 is 0 Å². The van der Waals surface area contributed by atoms with Crippen molar-refractivity contribution >= 4 is 23.3 Å². The number of pyridine rings is 2. The van der Waals surface area contributed by atoms with E-state index in [-0.39, 0.29) is 0 Å². The largest absolute Gasteiger partial charge is 0.377 e. The number of nitriles is 1. The molecule has 0 bridgehead atoms. The molecule has 31 heavy (non-hydrogen) atoms. The minimum absolute atomic E-state index is 0.538. The molecule has 1 fully saturated rings. The van der Waals surface area contributed by atoms with Crippen molar-refractivity contribution in [1.82, 2.24) is 19.5 Å². The monoisotopic (exact) mass is 414 g/mol. The Kier molecular flexibility index (Phi) is 5.10. The zero-order valence-corrected chi connectivity index (χ0v) is 17.1. The van der Waals surface area contributed by atoms with Gasteiger partial charge in [0.25, 0.3) is 0 Å². The van der Waals surface area contributed by atoms with Gasteiger partial charge in [-0.05, 0) is 35.8 Å². The number of carbonyl (C=O) groups is 1. The van der Waals surface area contributed by atoms with Crippen molar-refractivity contribution in [3.63, 3.8) is 0 Å². The van der Waals surface area contributed by atoms with Crippen LogP contribution < -0.4 is 4.90 Å². The lowest BCUT2D eigenvalue weighted by Crippen LogP contribution is -2.45. The predicted molar refractivity (Wildman–Crippen MR) is 116 cm³/mol. The maximum absolute atomic E-state index is 10.9. The van der Waals surface area contributed by atoms with E-state index in [1.807, 2.05) is 24.5 Å². The molecule has 0 unspecified atom stereocenters. The molecule has 0 radical (unpaired) electrons. The lowest BCUT2D eigenvalue weighted by atomic mass is 9.98. The number of hydrogen-bond donors (Lipinski definition) is 0. The standard InChI is InChI=1S/C23H22N6O2/c24-12-20-14-26-29-15-19(17-3-9-31-10-4-17)11-21(23(20)29)18-1-2-22(25-13-18)28-7-5-27(16-30)6-8-28/h1-3,11,13-16H,4-10H2. The van der Waals surface area contributed by atoms with Gasteiger partial charge in [0.1, 0.15) is 11.9 Å². The van der Waals surface area contributed by atoms with E-state index in [1.54, 1.807) is 15.6 Å². The number of aromatic nitrogens is 3. The fraction of sp³-hybridized carbons (Fsp3) is 0.304. The number of fused-ring (bicyclic) bond motifs is 1. The second-order valence-corrected chi connectivity index (χ2v) is 7.69. The number of amides is 1. The van der Waals surface area contributed by atoms with E-state index in [0.717, 1.165) is 53.9 Å². The van der Waals surface area contributed by atoms with E-state index < -0.39 is 0 Å². The van der Waals surface area contributed by atoms with Gasteiger partial charge in [0.15, 0.2) is 0 Å². The fourth-order valence-electron chi connectivity index (χ4n) is 4.18. The molecule has 3 aromatic rings. The highest BCUT2D eigenvalue weighted by Crippen LogP contribution is 2.32. The van der Waals surface area contributed by atoms with Gasteiger partial charge in [0, 0.05) is 49.7 Å². The van der Waals surface area contributed by atoms with Crippen LogP contribution in [0.2, 0.25) is 0 Å². The summed E-state index contributed by atoms with van der Waals surface area (Å²) in [6, 6.07) is 8.42. The van der Waals surface area contributed by atoms with Crippen molar-refractivity contribution in [1.29, 1.82) is 5.26 Å². The Morgan fingerprint density at radius 1 is 1.13 bits per heavy atom. The average molecular weight is 414 g/mol. The second-order valence-electron chi connectivity index (χ2n) is 7.69. The van der Waals surface area contributed by atoms with Crippen LogP contribution in [-0.2, 0) is 9.53 Å². The van der Waals surface area contributed by atoms with Crippen LogP contribution in [0, 0.1) is 11.3 Å². The van der Waals surface area contributed by atoms with Gasteiger partial charge in [-0.1, -0.05) is 6.08 Å². The molecular weight excluding hydrogens is 392 g/mol. The summed E-state index contributed by atoms with van der Waals surface area (Å²) in [4.78, 5) is 19.6. The molecule has 5 heterocycles. The fourth-order valence-corrected chi connectivity index (χ4v) is 4.18. The molecule has 8 heteroatoms. The molecule has 8 nitrogen and oxygen atoms in total. The smallest absolute Gasteiger partial charge is 0.209 e. The Labute approximate surface area is 180 Å². The first kappa shape index (κ1) is 19.3. The van der Waals surface area contributed by atoms with Crippen LogP contribution in [0.25, 0.3) is 22.2 Å². The van der Waals surface area contributed by atoms with Crippen LogP contribution in [-0.4, -0.2) is 65.3 Å². The molecule has 0 aliphatic carbocycles. The number of rotatable bonds is 4. The van der Waals surface area contributed by atoms with Crippen molar-refractivity contribution in [2.24, 2.45) is 0 Å². The number of ether oxygens (including phenoxy) is 1. The second kappa shape index (κ2) is 8.20. The Morgan fingerprint density at radius 2 is 2.00 bits per heavy atom. The quantitative estimate of drug-likeness (QED) is 0.609. The summed E-state index contributed by atoms with van der Waals surface area (Å²) in [5.41, 5.74) is 5.49. The van der Waals surface area contributed by atoms with Crippen LogP contribution in [0.3, 0.4) is 0 Å². The van der Waals surface area contributed by atoms with Gasteiger partial charge < -0.3 is 14.5 Å². The summed E-state index contributed by atoms with van der Waals surface area (Å²) in [5.74, 6) is 0.891. The highest BCUT2D eigenvalue weighted by Gasteiger charge is 2.18. The Balaban J connectivity index is 1.53. The van der Waals surface area contributed by atoms with E-state index in [2.05, 4.69) is 28.2 Å². The van der Waals surface area contributed by atoms with Gasteiger partial charge in [0.2, 0.25) is 6.41 Å². The molecule has 5 rings (SSSR count). The first-order valence-electron chi connectivity index (χ1n) is 10.4. The number of carbonyl (C=O) groups excluding carboxylic acids is 1. The van der Waals surface area contributed by atoms with Crippen molar-refractivity contribution < 1.29 is 9.53 Å². The number of nitrogens with zero attached hydrogens (tertiary/aromatic N) is 6. The average Bonchev–Trinajstić information content (AvgIpc) is 3.27. The summed E-state index contributed by atoms with van der Waals surface area (Å²) < 4.78 is 7.23. The van der Waals surface area contributed by atoms with Crippen LogP contribution in [0.4, 0.5) is 5.82 Å². The maximum atomic E-state index is 10.9. The zero-order valence-electron chi connectivity index (χ0n) is 17.1. The minimum Gasteiger partial charge on any atom is -0.377 e. The molecule has 1 amide bonds. The van der Waals surface area contributed by atoms with Crippen LogP contribution in [0.1, 0.15) is 17.5 Å². The van der Waals surface area contributed by atoms with Gasteiger partial charge in [-0.3, -0.25) is 4.79 Å². The molecule has 0 N–H and O–H groups in total. The minimum atomic E-state index is 0.538. The van der Waals surface area contributed by atoms with E-state index in [1.165, 1.54) is 5.57 Å². The van der Waals surface area contributed by atoms with Crippen LogP contribution in [0.15, 0.2) is 42.9 Å². The van der Waals surface area contributed by atoms with Crippen molar-refractivity contribution in [2.75, 3.05) is 44.3 Å². The third-order valence-corrected chi connectivity index (χ3v) is 5.91. The van der Waals surface area contributed by atoms with Crippen molar-refractivity contribution in [3.8, 4) is 17.2 Å². The summed E-state index contributed by atoms with van der Waals surface area (Å²) in [5, 5.41) is 14.0. The molecule has 0 atom stereocenters. The Morgan fingerprint density at radius 3 is 2.68 bits per heavy atom. The number of hydrogen-bond acceptors (Lipinski definition) is 6. The molecule has 2 aliphatic rings. The molecule has 1 saturated heterocycles. The van der Waals surface area contributed by atoms with Gasteiger partial charge in [-0.25, -0.2) is 9.50 Å². The Hall–Kier alpha value is -3.70. The van der Waals surface area contributed by atoms with Gasteiger partial charge in [-0.2, -0.15) is 10.4 Å². The number of anilines is 1. The first-order chi connectivity index (χ1) is 15.3. The highest BCUT2D eigenvalue weighted by molar-refractivity contribution is 5.87. The molecule has 3 aromatic heterocycles. The lowest BCUT2D eigenvalue weighted by molar-refractivity contribution is -0.118. The third-order valence-electron chi connectivity index (χ3n) is 5.91. The third kappa shape index (κ3) is 3.64. The summed E-state index contributed by atoms with van der Waals surface area (Å²) in [7, 11) is 0. The van der Waals surface area contributed by atoms with Gasteiger partial charge in [0.05, 0.1) is 30.5 Å². The van der Waals surface area contributed by atoms with Crippen molar-refractivity contribution in [2.45, 2.75) is 6.42 Å². The summed E-state index contributed by atoms with van der Waals surface area (Å²) >= 11 is 0. The van der Waals surface area contributed by atoms with E-state index in [9.17, 15) is 10.1 Å². The zero-order chi connectivity index (χ0) is 21.2. The summed E-state index contributed by atoms with van der Waals surface area (Å²) in [6.07, 6.45) is 9.29. The molecule has 2 aliphatic heterocycles. The van der Waals surface area contributed by atoms with E-state index in [4.69, 9.17) is 9.72 Å². The predicted octanol–water partition coefficient (Wildman–Crippen LogP) is 2.35. The Bertz CT molecular complexity index is 1180. The normalized spacial score (nSPS) is 16.8. The van der Waals surface area contributed by atoms with Gasteiger partial charge in [-0.15, -0.1) is 0 Å². The molecule has 0 aromatic carbocycles. The maximum Gasteiger partial charge on any atom is 0.209 e.